The normalized spacial score (nSPS) is 10.9. The Morgan fingerprint density at radius 3 is 2.72 bits per heavy atom. The number of aryl methyl sites for hydroxylation is 1. The molecule has 0 bridgehead atoms. The fraction of sp³-hybridized carbons (Fsp3) is 0.308. The Labute approximate surface area is 104 Å². The predicted octanol–water partition coefficient (Wildman–Crippen LogP) is 2.13. The van der Waals surface area contributed by atoms with Gasteiger partial charge in [-0.1, -0.05) is 0 Å². The van der Waals surface area contributed by atoms with Crippen molar-refractivity contribution >= 4 is 0 Å². The number of halogens is 2. The lowest BCUT2D eigenvalue weighted by Gasteiger charge is -2.06. The molecule has 0 atom stereocenters. The van der Waals surface area contributed by atoms with Crippen LogP contribution in [0.2, 0.25) is 0 Å². The monoisotopic (exact) mass is 251 g/mol. The van der Waals surface area contributed by atoms with Gasteiger partial charge in [0.15, 0.2) is 11.6 Å². The topological polar surface area (TPSA) is 29.9 Å². The van der Waals surface area contributed by atoms with Crippen LogP contribution >= 0.6 is 0 Å². The average Bonchev–Trinajstić information content (AvgIpc) is 2.72. The fourth-order valence-corrected chi connectivity index (χ4v) is 1.88. The zero-order valence-corrected chi connectivity index (χ0v) is 10.4. The minimum absolute atomic E-state index is 0.598. The number of nitrogens with zero attached hydrogens (tertiary/aromatic N) is 2. The summed E-state index contributed by atoms with van der Waals surface area (Å²) in [6.07, 6.45) is 2.46. The van der Waals surface area contributed by atoms with Crippen molar-refractivity contribution in [1.29, 1.82) is 0 Å². The second-order valence-electron chi connectivity index (χ2n) is 4.13. The SMILES string of the molecule is CNCCc1c(-c2ccc(F)c(F)c2)ncn1C. The maximum absolute atomic E-state index is 13.2. The Kier molecular flexibility index (Phi) is 3.72. The molecule has 1 N–H and O–H groups in total. The van der Waals surface area contributed by atoms with Crippen molar-refractivity contribution in [2.75, 3.05) is 13.6 Å². The van der Waals surface area contributed by atoms with Crippen molar-refractivity contribution in [3.05, 3.63) is 41.9 Å². The summed E-state index contributed by atoms with van der Waals surface area (Å²) in [7, 11) is 3.76. The number of hydrogen-bond acceptors (Lipinski definition) is 2. The molecule has 18 heavy (non-hydrogen) atoms. The third-order valence-corrected chi connectivity index (χ3v) is 2.86. The molecule has 1 aromatic heterocycles. The van der Waals surface area contributed by atoms with Crippen LogP contribution in [0.5, 0.6) is 0 Å². The van der Waals surface area contributed by atoms with E-state index in [2.05, 4.69) is 10.3 Å². The van der Waals surface area contributed by atoms with Crippen molar-refractivity contribution in [1.82, 2.24) is 14.9 Å². The molecule has 0 aliphatic rings. The highest BCUT2D eigenvalue weighted by Crippen LogP contribution is 2.23. The smallest absolute Gasteiger partial charge is 0.159 e. The van der Waals surface area contributed by atoms with Crippen molar-refractivity contribution in [3.63, 3.8) is 0 Å². The van der Waals surface area contributed by atoms with Crippen LogP contribution in [0.15, 0.2) is 24.5 Å². The van der Waals surface area contributed by atoms with Crippen molar-refractivity contribution in [2.24, 2.45) is 7.05 Å². The van der Waals surface area contributed by atoms with Crippen LogP contribution in [-0.2, 0) is 13.5 Å². The number of aromatic nitrogens is 2. The minimum atomic E-state index is -0.849. The number of likely N-dealkylation sites (N-methyl/N-ethyl adjacent to an activating group) is 1. The maximum atomic E-state index is 13.2. The third kappa shape index (κ3) is 2.41. The highest BCUT2D eigenvalue weighted by atomic mass is 19.2. The van der Waals surface area contributed by atoms with E-state index in [1.807, 2.05) is 18.7 Å². The summed E-state index contributed by atoms with van der Waals surface area (Å²) in [5.74, 6) is -1.69. The van der Waals surface area contributed by atoms with Gasteiger partial charge >= 0.3 is 0 Å². The lowest BCUT2D eigenvalue weighted by Crippen LogP contribution is -2.12. The molecule has 0 fully saturated rings. The van der Waals surface area contributed by atoms with Gasteiger partial charge in [-0.15, -0.1) is 0 Å². The van der Waals surface area contributed by atoms with E-state index >= 15 is 0 Å². The van der Waals surface area contributed by atoms with E-state index in [1.54, 1.807) is 12.4 Å². The molecular formula is C13H15F2N3. The van der Waals surface area contributed by atoms with Crippen LogP contribution in [0.4, 0.5) is 8.78 Å². The zero-order valence-electron chi connectivity index (χ0n) is 10.4. The number of rotatable bonds is 4. The molecule has 1 aromatic carbocycles. The highest BCUT2D eigenvalue weighted by Gasteiger charge is 2.12. The van der Waals surface area contributed by atoms with Gasteiger partial charge in [-0.2, -0.15) is 0 Å². The quantitative estimate of drug-likeness (QED) is 0.902. The molecule has 0 unspecified atom stereocenters. The van der Waals surface area contributed by atoms with Gasteiger partial charge in [0.2, 0.25) is 0 Å². The fourth-order valence-electron chi connectivity index (χ4n) is 1.88. The van der Waals surface area contributed by atoms with Crippen LogP contribution in [0.1, 0.15) is 5.69 Å². The lowest BCUT2D eigenvalue weighted by atomic mass is 10.1. The molecular weight excluding hydrogens is 236 g/mol. The Bertz CT molecular complexity index is 549. The van der Waals surface area contributed by atoms with E-state index in [0.29, 0.717) is 11.3 Å². The molecule has 0 amide bonds. The van der Waals surface area contributed by atoms with E-state index in [1.165, 1.54) is 6.07 Å². The molecule has 2 rings (SSSR count). The average molecular weight is 251 g/mol. The summed E-state index contributed by atoms with van der Waals surface area (Å²) >= 11 is 0. The first kappa shape index (κ1) is 12.7. The Morgan fingerprint density at radius 1 is 1.28 bits per heavy atom. The summed E-state index contributed by atoms with van der Waals surface area (Å²) in [6.45, 7) is 0.802. The number of hydrogen-bond donors (Lipinski definition) is 1. The van der Waals surface area contributed by atoms with E-state index < -0.39 is 11.6 Å². The van der Waals surface area contributed by atoms with E-state index in [0.717, 1.165) is 24.7 Å². The van der Waals surface area contributed by atoms with Gasteiger partial charge in [0.25, 0.3) is 0 Å². The van der Waals surface area contributed by atoms with Crippen LogP contribution in [0.25, 0.3) is 11.3 Å². The van der Waals surface area contributed by atoms with E-state index in [9.17, 15) is 8.78 Å². The molecule has 5 heteroatoms. The highest BCUT2D eigenvalue weighted by molar-refractivity contribution is 5.62. The standard InChI is InChI=1S/C13H15F2N3/c1-16-6-5-12-13(17-8-18(12)2)9-3-4-10(14)11(15)7-9/h3-4,7-8,16H,5-6H2,1-2H3. The first-order valence-corrected chi connectivity index (χ1v) is 5.73. The molecule has 3 nitrogen and oxygen atoms in total. The molecule has 2 aromatic rings. The molecule has 1 heterocycles. The van der Waals surface area contributed by atoms with Gasteiger partial charge in [0.1, 0.15) is 0 Å². The van der Waals surface area contributed by atoms with Gasteiger partial charge in [-0.3, -0.25) is 0 Å². The van der Waals surface area contributed by atoms with Crippen molar-refractivity contribution in [3.8, 4) is 11.3 Å². The second-order valence-corrected chi connectivity index (χ2v) is 4.13. The molecule has 0 spiro atoms. The molecule has 0 aliphatic heterocycles. The van der Waals surface area contributed by atoms with Gasteiger partial charge < -0.3 is 9.88 Å². The first-order chi connectivity index (χ1) is 8.63. The van der Waals surface area contributed by atoms with Crippen LogP contribution < -0.4 is 5.32 Å². The van der Waals surface area contributed by atoms with E-state index in [-0.39, 0.29) is 0 Å². The second kappa shape index (κ2) is 5.27. The van der Waals surface area contributed by atoms with Crippen LogP contribution in [0.3, 0.4) is 0 Å². The largest absolute Gasteiger partial charge is 0.337 e. The van der Waals surface area contributed by atoms with Gasteiger partial charge in [0.05, 0.1) is 12.0 Å². The Hall–Kier alpha value is -1.75. The minimum Gasteiger partial charge on any atom is -0.337 e. The summed E-state index contributed by atoms with van der Waals surface area (Å²) in [5, 5.41) is 3.06. The molecule has 0 saturated carbocycles. The number of benzene rings is 1. The summed E-state index contributed by atoms with van der Waals surface area (Å²) in [5.41, 5.74) is 2.29. The van der Waals surface area contributed by atoms with Crippen LogP contribution in [-0.4, -0.2) is 23.1 Å². The number of imidazole rings is 1. The maximum Gasteiger partial charge on any atom is 0.159 e. The third-order valence-electron chi connectivity index (χ3n) is 2.86. The lowest BCUT2D eigenvalue weighted by molar-refractivity contribution is 0.509. The molecule has 0 saturated heterocycles. The van der Waals surface area contributed by atoms with E-state index in [4.69, 9.17) is 0 Å². The zero-order chi connectivity index (χ0) is 13.1. The molecule has 0 radical (unpaired) electrons. The van der Waals surface area contributed by atoms with Crippen molar-refractivity contribution in [2.45, 2.75) is 6.42 Å². The Morgan fingerprint density at radius 2 is 2.06 bits per heavy atom. The first-order valence-electron chi connectivity index (χ1n) is 5.73. The van der Waals surface area contributed by atoms with Gasteiger partial charge in [0, 0.05) is 31.3 Å². The summed E-state index contributed by atoms with van der Waals surface area (Å²) in [6, 6.07) is 3.85. The van der Waals surface area contributed by atoms with Gasteiger partial charge in [-0.25, -0.2) is 13.8 Å². The molecule has 0 aliphatic carbocycles. The van der Waals surface area contributed by atoms with Crippen LogP contribution in [0, 0.1) is 11.6 Å². The summed E-state index contributed by atoms with van der Waals surface area (Å²) < 4.78 is 28.0. The predicted molar refractivity (Wildman–Crippen MR) is 66.2 cm³/mol. The van der Waals surface area contributed by atoms with Gasteiger partial charge in [-0.05, 0) is 25.2 Å². The Balaban J connectivity index is 2.40. The summed E-state index contributed by atoms with van der Waals surface area (Å²) in [4.78, 5) is 4.26. The molecule has 96 valence electrons. The number of nitrogens with one attached hydrogen (secondary N) is 1. The van der Waals surface area contributed by atoms with Crippen molar-refractivity contribution < 1.29 is 8.78 Å².